The molecule has 1 saturated heterocycles. The summed E-state index contributed by atoms with van der Waals surface area (Å²) in [5.41, 5.74) is 2.11. The molecule has 0 aliphatic carbocycles. The van der Waals surface area contributed by atoms with E-state index < -0.39 is 10.8 Å². The highest BCUT2D eigenvalue weighted by Crippen LogP contribution is 2.36. The Bertz CT molecular complexity index is 1310. The zero-order valence-electron chi connectivity index (χ0n) is 21.2. The van der Waals surface area contributed by atoms with Crippen molar-refractivity contribution in [1.29, 1.82) is 0 Å². The first-order chi connectivity index (χ1) is 17.5. The molecule has 3 aromatic carbocycles. The summed E-state index contributed by atoms with van der Waals surface area (Å²) in [4.78, 5) is 37.5. The summed E-state index contributed by atoms with van der Waals surface area (Å²) in [6.07, 6.45) is 0.0255. The third-order valence-corrected chi connectivity index (χ3v) is 6.24. The van der Waals surface area contributed by atoms with Crippen LogP contribution >= 0.6 is 0 Å². The number of carbonyl (C=O) groups is 2. The number of hydrogen-bond acceptors (Lipinski definition) is 6. The molecule has 1 aliphatic heterocycles. The standard InChI is InChI=1S/C28H29N3O6/c1-28(2,3)19-5-10-22(11-6-19)37-23-12-7-20(8-13-23)29-27(33)18-15-26(32)30(17-18)24-14-9-21(31(34)35)16-25(24)36-4/h5-14,16,18H,15,17H2,1-4H3,(H,29,33)/t18-/m1/s1. The second-order valence-corrected chi connectivity index (χ2v) is 9.91. The highest BCUT2D eigenvalue weighted by molar-refractivity contribution is 6.04. The molecular weight excluding hydrogens is 474 g/mol. The smallest absolute Gasteiger partial charge is 0.273 e. The fraction of sp³-hybridized carbons (Fsp3) is 0.286. The van der Waals surface area contributed by atoms with Crippen LogP contribution in [0.15, 0.2) is 66.7 Å². The third kappa shape index (κ3) is 5.88. The van der Waals surface area contributed by atoms with Crippen LogP contribution in [-0.4, -0.2) is 30.4 Å². The molecule has 1 aliphatic rings. The number of hydrogen-bond donors (Lipinski definition) is 1. The van der Waals surface area contributed by atoms with Crippen molar-refractivity contribution < 1.29 is 24.0 Å². The Morgan fingerprint density at radius 3 is 2.22 bits per heavy atom. The SMILES string of the molecule is COc1cc([N+](=O)[O-])ccc1N1C[C@H](C(=O)Nc2ccc(Oc3ccc(C(C)(C)C)cc3)cc2)CC1=O. The topological polar surface area (TPSA) is 111 Å². The van der Waals surface area contributed by atoms with Crippen LogP contribution in [0, 0.1) is 16.0 Å². The Morgan fingerprint density at radius 1 is 1.03 bits per heavy atom. The van der Waals surface area contributed by atoms with Gasteiger partial charge < -0.3 is 19.7 Å². The highest BCUT2D eigenvalue weighted by atomic mass is 16.6. The zero-order chi connectivity index (χ0) is 26.7. The molecule has 1 atom stereocenters. The number of ether oxygens (including phenoxy) is 2. The van der Waals surface area contributed by atoms with Gasteiger partial charge in [0, 0.05) is 24.7 Å². The molecular formula is C28H29N3O6. The minimum absolute atomic E-state index is 0.0255. The van der Waals surface area contributed by atoms with Gasteiger partial charge in [-0.15, -0.1) is 0 Å². The molecule has 2 amide bonds. The zero-order valence-corrected chi connectivity index (χ0v) is 21.2. The van der Waals surface area contributed by atoms with Crippen molar-refractivity contribution in [3.63, 3.8) is 0 Å². The molecule has 37 heavy (non-hydrogen) atoms. The van der Waals surface area contributed by atoms with Crippen molar-refractivity contribution >= 4 is 28.9 Å². The van der Waals surface area contributed by atoms with Crippen LogP contribution in [0.2, 0.25) is 0 Å². The van der Waals surface area contributed by atoms with Crippen LogP contribution in [0.1, 0.15) is 32.8 Å². The fourth-order valence-corrected chi connectivity index (χ4v) is 4.13. The molecule has 9 nitrogen and oxygen atoms in total. The first-order valence-electron chi connectivity index (χ1n) is 11.9. The molecule has 0 aromatic heterocycles. The first kappa shape index (κ1) is 25.7. The molecule has 0 unspecified atom stereocenters. The number of rotatable bonds is 7. The maximum Gasteiger partial charge on any atom is 0.273 e. The summed E-state index contributed by atoms with van der Waals surface area (Å²) >= 11 is 0. The maximum absolute atomic E-state index is 12.9. The number of anilines is 2. The summed E-state index contributed by atoms with van der Waals surface area (Å²) in [6.45, 7) is 6.61. The van der Waals surface area contributed by atoms with Gasteiger partial charge in [-0.2, -0.15) is 0 Å². The average Bonchev–Trinajstić information content (AvgIpc) is 3.26. The van der Waals surface area contributed by atoms with Crippen molar-refractivity contribution in [2.75, 3.05) is 23.9 Å². The van der Waals surface area contributed by atoms with E-state index in [-0.39, 0.29) is 41.6 Å². The molecule has 1 heterocycles. The molecule has 4 rings (SSSR count). The maximum atomic E-state index is 12.9. The van der Waals surface area contributed by atoms with Gasteiger partial charge in [0.05, 0.1) is 29.7 Å². The molecule has 0 saturated carbocycles. The number of carbonyl (C=O) groups excluding carboxylic acids is 2. The molecule has 192 valence electrons. The molecule has 3 aromatic rings. The van der Waals surface area contributed by atoms with Crippen LogP contribution in [0.3, 0.4) is 0 Å². The van der Waals surface area contributed by atoms with Crippen LogP contribution < -0.4 is 19.7 Å². The van der Waals surface area contributed by atoms with E-state index in [1.54, 1.807) is 24.3 Å². The number of nitro groups is 1. The Labute approximate surface area is 215 Å². The third-order valence-electron chi connectivity index (χ3n) is 6.24. The van der Waals surface area contributed by atoms with E-state index in [2.05, 4.69) is 26.1 Å². The van der Waals surface area contributed by atoms with Crippen molar-refractivity contribution in [2.24, 2.45) is 5.92 Å². The van der Waals surface area contributed by atoms with Gasteiger partial charge in [0.15, 0.2) is 0 Å². The van der Waals surface area contributed by atoms with E-state index in [1.165, 1.54) is 35.8 Å². The highest BCUT2D eigenvalue weighted by Gasteiger charge is 2.36. The van der Waals surface area contributed by atoms with Gasteiger partial charge in [0.2, 0.25) is 11.8 Å². The number of benzene rings is 3. The van der Waals surface area contributed by atoms with Crippen LogP contribution in [0.25, 0.3) is 0 Å². The van der Waals surface area contributed by atoms with E-state index in [4.69, 9.17) is 9.47 Å². The molecule has 9 heteroatoms. The van der Waals surface area contributed by atoms with E-state index >= 15 is 0 Å². The van der Waals surface area contributed by atoms with Crippen molar-refractivity contribution in [3.05, 3.63) is 82.4 Å². The van der Waals surface area contributed by atoms with Gasteiger partial charge in [-0.3, -0.25) is 19.7 Å². The average molecular weight is 504 g/mol. The van der Waals surface area contributed by atoms with E-state index in [0.29, 0.717) is 17.1 Å². The Kier molecular flexibility index (Phi) is 7.15. The summed E-state index contributed by atoms with van der Waals surface area (Å²) in [5.74, 6) is 0.429. The lowest BCUT2D eigenvalue weighted by molar-refractivity contribution is -0.384. The Balaban J connectivity index is 1.38. The van der Waals surface area contributed by atoms with Gasteiger partial charge in [-0.05, 0) is 53.4 Å². The molecule has 0 spiro atoms. The second-order valence-electron chi connectivity index (χ2n) is 9.91. The van der Waals surface area contributed by atoms with Gasteiger partial charge in [0.25, 0.3) is 5.69 Å². The van der Waals surface area contributed by atoms with E-state index in [9.17, 15) is 19.7 Å². The molecule has 1 N–H and O–H groups in total. The van der Waals surface area contributed by atoms with Gasteiger partial charge in [-0.25, -0.2) is 0 Å². The minimum atomic E-state index is -0.579. The lowest BCUT2D eigenvalue weighted by Crippen LogP contribution is -2.28. The van der Waals surface area contributed by atoms with Gasteiger partial charge >= 0.3 is 0 Å². The van der Waals surface area contributed by atoms with Gasteiger partial charge in [0.1, 0.15) is 17.2 Å². The van der Waals surface area contributed by atoms with Crippen molar-refractivity contribution in [3.8, 4) is 17.2 Å². The van der Waals surface area contributed by atoms with Crippen LogP contribution in [0.4, 0.5) is 17.1 Å². The van der Waals surface area contributed by atoms with Crippen LogP contribution in [0.5, 0.6) is 17.2 Å². The number of amides is 2. The molecule has 0 bridgehead atoms. The lowest BCUT2D eigenvalue weighted by Gasteiger charge is -2.19. The second kappa shape index (κ2) is 10.3. The van der Waals surface area contributed by atoms with Crippen LogP contribution in [-0.2, 0) is 15.0 Å². The lowest BCUT2D eigenvalue weighted by atomic mass is 9.87. The number of nitrogens with zero attached hydrogens (tertiary/aromatic N) is 2. The Morgan fingerprint density at radius 2 is 1.65 bits per heavy atom. The molecule has 0 radical (unpaired) electrons. The minimum Gasteiger partial charge on any atom is -0.494 e. The summed E-state index contributed by atoms with van der Waals surface area (Å²) in [5, 5.41) is 13.9. The fourth-order valence-electron chi connectivity index (χ4n) is 4.13. The summed E-state index contributed by atoms with van der Waals surface area (Å²) in [7, 11) is 1.38. The number of non-ortho nitro benzene ring substituents is 1. The van der Waals surface area contributed by atoms with E-state index in [1.807, 2.05) is 24.3 Å². The monoisotopic (exact) mass is 503 g/mol. The predicted octanol–water partition coefficient (Wildman–Crippen LogP) is 5.68. The Hall–Kier alpha value is -4.40. The normalized spacial score (nSPS) is 15.4. The number of nitrogens with one attached hydrogen (secondary N) is 1. The van der Waals surface area contributed by atoms with Crippen molar-refractivity contribution in [2.45, 2.75) is 32.6 Å². The quantitative estimate of drug-likeness (QED) is 0.328. The largest absolute Gasteiger partial charge is 0.494 e. The molecule has 1 fully saturated rings. The van der Waals surface area contributed by atoms with E-state index in [0.717, 1.165) is 5.75 Å². The van der Waals surface area contributed by atoms with Gasteiger partial charge in [-0.1, -0.05) is 32.9 Å². The summed E-state index contributed by atoms with van der Waals surface area (Å²) in [6, 6.07) is 19.0. The predicted molar refractivity (Wildman–Crippen MR) is 140 cm³/mol. The first-order valence-corrected chi connectivity index (χ1v) is 11.9. The number of methoxy groups -OCH3 is 1. The van der Waals surface area contributed by atoms with Crippen molar-refractivity contribution in [1.82, 2.24) is 0 Å². The number of nitro benzene ring substituents is 1. The summed E-state index contributed by atoms with van der Waals surface area (Å²) < 4.78 is 11.2.